The smallest absolute Gasteiger partial charge is 0.343 e. The summed E-state index contributed by atoms with van der Waals surface area (Å²) in [4.78, 5) is 15.1. The maximum absolute atomic E-state index is 11.1. The molecule has 0 aliphatic carbocycles. The molecule has 0 bridgehead atoms. The summed E-state index contributed by atoms with van der Waals surface area (Å²) in [5, 5.41) is 12.4. The third-order valence-corrected chi connectivity index (χ3v) is 3.83. The highest BCUT2D eigenvalue weighted by molar-refractivity contribution is 7.78. The fourth-order valence-electron chi connectivity index (χ4n) is 2.31. The van der Waals surface area contributed by atoms with Crippen molar-refractivity contribution in [2.45, 2.75) is 64.9 Å². The zero-order valence-corrected chi connectivity index (χ0v) is 15.9. The first-order chi connectivity index (χ1) is 11.5. The maximum atomic E-state index is 11.1. The molecule has 0 aromatic heterocycles. The van der Waals surface area contributed by atoms with Crippen LogP contribution in [0.2, 0.25) is 0 Å². The number of aliphatic hydroxyl groups excluding tert-OH is 1. The van der Waals surface area contributed by atoms with Gasteiger partial charge in [-0.1, -0.05) is 20.3 Å². The van der Waals surface area contributed by atoms with E-state index < -0.39 is 0 Å². The van der Waals surface area contributed by atoms with Gasteiger partial charge in [-0.3, -0.25) is 0 Å². The van der Waals surface area contributed by atoms with Crippen LogP contribution < -0.4 is 0 Å². The van der Waals surface area contributed by atoms with Crippen LogP contribution in [0.5, 0.6) is 0 Å². The number of aliphatic imine (C=N–C) groups is 1. The average molecular weight is 358 g/mol. The topological polar surface area (TPSA) is 68.1 Å². The SMILES string of the molecule is CC/C=C(\CCCC(O)CCC[C@H](C)CN=C=S)OCC(=O)OC. The second-order valence-corrected chi connectivity index (χ2v) is 6.14. The van der Waals surface area contributed by atoms with Crippen LogP contribution in [-0.4, -0.2) is 42.6 Å². The summed E-state index contributed by atoms with van der Waals surface area (Å²) in [6.07, 6.45) is 7.60. The molecule has 5 nitrogen and oxygen atoms in total. The predicted molar refractivity (Wildman–Crippen MR) is 99.1 cm³/mol. The van der Waals surface area contributed by atoms with Crippen molar-refractivity contribution < 1.29 is 19.4 Å². The quantitative estimate of drug-likeness (QED) is 0.221. The number of ether oxygens (including phenoxy) is 2. The van der Waals surface area contributed by atoms with Gasteiger partial charge in [-0.2, -0.15) is 0 Å². The van der Waals surface area contributed by atoms with Gasteiger partial charge < -0.3 is 14.6 Å². The van der Waals surface area contributed by atoms with E-state index in [-0.39, 0.29) is 18.7 Å². The summed E-state index contributed by atoms with van der Waals surface area (Å²) in [5.41, 5.74) is 0. The highest BCUT2D eigenvalue weighted by atomic mass is 32.1. The van der Waals surface area contributed by atoms with Crippen molar-refractivity contribution in [3.63, 3.8) is 0 Å². The molecule has 0 saturated carbocycles. The van der Waals surface area contributed by atoms with E-state index in [1.165, 1.54) is 7.11 Å². The van der Waals surface area contributed by atoms with Crippen LogP contribution >= 0.6 is 12.2 Å². The van der Waals surface area contributed by atoms with E-state index in [0.717, 1.165) is 50.7 Å². The number of hydrogen-bond donors (Lipinski definition) is 1. The molecule has 0 aromatic carbocycles. The summed E-state index contributed by atoms with van der Waals surface area (Å²) in [7, 11) is 1.34. The number of aliphatic hydroxyl groups is 1. The number of esters is 1. The van der Waals surface area contributed by atoms with Gasteiger partial charge in [0, 0.05) is 6.42 Å². The number of isothiocyanates is 1. The van der Waals surface area contributed by atoms with Gasteiger partial charge in [0.05, 0.1) is 30.7 Å². The highest BCUT2D eigenvalue weighted by Crippen LogP contribution is 2.16. The number of allylic oxidation sites excluding steroid dienone is 2. The minimum atomic E-state index is -0.385. The van der Waals surface area contributed by atoms with E-state index >= 15 is 0 Å². The molecule has 1 N–H and O–H groups in total. The second-order valence-electron chi connectivity index (χ2n) is 5.96. The van der Waals surface area contributed by atoms with Gasteiger partial charge in [-0.15, -0.1) is 0 Å². The average Bonchev–Trinajstić information content (AvgIpc) is 2.57. The normalized spacial score (nSPS) is 13.8. The first-order valence-electron chi connectivity index (χ1n) is 8.63. The molecule has 0 rings (SSSR count). The van der Waals surface area contributed by atoms with Crippen LogP contribution in [0.3, 0.4) is 0 Å². The Labute approximate surface area is 151 Å². The van der Waals surface area contributed by atoms with Crippen molar-refractivity contribution >= 4 is 23.3 Å². The standard InChI is InChI=1S/C18H31NO4S/c1-4-7-17(23-13-18(21)22-3)11-6-10-16(20)9-5-8-15(2)12-19-14-24/h7,15-16,20H,4-6,8-13H2,1-3H3/b17-7+/t15-,16?/m0/s1. The third kappa shape index (κ3) is 13.2. The molecule has 0 aromatic rings. The second kappa shape index (κ2) is 15.3. The molecule has 0 saturated heterocycles. The van der Waals surface area contributed by atoms with E-state index in [4.69, 9.17) is 4.74 Å². The van der Waals surface area contributed by atoms with Crippen LogP contribution in [0.25, 0.3) is 0 Å². The van der Waals surface area contributed by atoms with Crippen molar-refractivity contribution in [2.24, 2.45) is 10.9 Å². The van der Waals surface area contributed by atoms with Crippen LogP contribution in [0.1, 0.15) is 58.8 Å². The van der Waals surface area contributed by atoms with Crippen molar-refractivity contribution in [3.8, 4) is 0 Å². The Morgan fingerprint density at radius 3 is 2.67 bits per heavy atom. The fraction of sp³-hybridized carbons (Fsp3) is 0.778. The largest absolute Gasteiger partial charge is 0.487 e. The van der Waals surface area contributed by atoms with Crippen molar-refractivity contribution in [1.82, 2.24) is 0 Å². The Morgan fingerprint density at radius 1 is 1.33 bits per heavy atom. The minimum absolute atomic E-state index is 0.0625. The number of methoxy groups -OCH3 is 1. The monoisotopic (exact) mass is 357 g/mol. The first kappa shape index (κ1) is 22.8. The lowest BCUT2D eigenvalue weighted by molar-refractivity contribution is -0.144. The van der Waals surface area contributed by atoms with E-state index in [2.05, 4.69) is 34.0 Å². The van der Waals surface area contributed by atoms with E-state index in [9.17, 15) is 9.90 Å². The number of rotatable bonds is 14. The van der Waals surface area contributed by atoms with Crippen molar-refractivity contribution in [1.29, 1.82) is 0 Å². The Morgan fingerprint density at radius 2 is 2.04 bits per heavy atom. The molecule has 0 amide bonds. The Kier molecular flexibility index (Phi) is 14.5. The zero-order chi connectivity index (χ0) is 18.2. The van der Waals surface area contributed by atoms with Gasteiger partial charge in [0.25, 0.3) is 0 Å². The summed E-state index contributed by atoms with van der Waals surface area (Å²) in [5.74, 6) is 0.879. The summed E-state index contributed by atoms with van der Waals surface area (Å²) >= 11 is 4.55. The van der Waals surface area contributed by atoms with Gasteiger partial charge in [0.15, 0.2) is 6.61 Å². The molecule has 2 atom stereocenters. The van der Waals surface area contributed by atoms with E-state index in [1.54, 1.807) is 0 Å². The number of thiocarbonyl (C=S) groups is 1. The van der Waals surface area contributed by atoms with Gasteiger partial charge >= 0.3 is 5.97 Å². The molecular formula is C18H31NO4S. The molecule has 0 spiro atoms. The molecule has 0 aliphatic heterocycles. The first-order valence-corrected chi connectivity index (χ1v) is 9.04. The summed E-state index contributed by atoms with van der Waals surface area (Å²) in [6, 6.07) is 0. The molecule has 1 unspecified atom stereocenters. The molecule has 24 heavy (non-hydrogen) atoms. The predicted octanol–water partition coefficient (Wildman–Crippen LogP) is 3.91. The lowest BCUT2D eigenvalue weighted by Gasteiger charge is -2.13. The summed E-state index contributed by atoms with van der Waals surface area (Å²) < 4.78 is 10.0. The minimum Gasteiger partial charge on any atom is -0.487 e. The molecule has 6 heteroatoms. The third-order valence-electron chi connectivity index (χ3n) is 3.70. The van der Waals surface area contributed by atoms with E-state index in [1.807, 2.05) is 13.0 Å². The highest BCUT2D eigenvalue weighted by Gasteiger charge is 2.09. The Bertz CT molecular complexity index is 419. The van der Waals surface area contributed by atoms with Gasteiger partial charge in [-0.25, -0.2) is 9.79 Å². The number of hydrogen-bond acceptors (Lipinski definition) is 6. The van der Waals surface area contributed by atoms with Crippen LogP contribution in [0, 0.1) is 5.92 Å². The number of carbonyl (C=O) groups excluding carboxylic acids is 1. The molecule has 0 radical (unpaired) electrons. The van der Waals surface area contributed by atoms with E-state index in [0.29, 0.717) is 12.5 Å². The van der Waals surface area contributed by atoms with Crippen LogP contribution in [0.15, 0.2) is 16.8 Å². The van der Waals surface area contributed by atoms with Crippen molar-refractivity contribution in [2.75, 3.05) is 20.3 Å². The molecular weight excluding hydrogens is 326 g/mol. The van der Waals surface area contributed by atoms with Gasteiger partial charge in [0.1, 0.15) is 0 Å². The number of carbonyl (C=O) groups is 1. The Balaban J connectivity index is 3.90. The van der Waals surface area contributed by atoms with Crippen LogP contribution in [0.4, 0.5) is 0 Å². The zero-order valence-electron chi connectivity index (χ0n) is 15.1. The summed E-state index contributed by atoms with van der Waals surface area (Å²) in [6.45, 7) is 4.80. The van der Waals surface area contributed by atoms with Gasteiger partial charge in [0.2, 0.25) is 0 Å². The van der Waals surface area contributed by atoms with Gasteiger partial charge in [-0.05, 0) is 56.3 Å². The number of nitrogens with zero attached hydrogens (tertiary/aromatic N) is 1. The van der Waals surface area contributed by atoms with Crippen molar-refractivity contribution in [3.05, 3.63) is 11.8 Å². The fourth-order valence-corrected chi connectivity index (χ4v) is 2.39. The lowest BCUT2D eigenvalue weighted by atomic mass is 10.00. The van der Waals surface area contributed by atoms with Crippen LogP contribution in [-0.2, 0) is 14.3 Å². The molecule has 0 aliphatic rings. The molecule has 0 fully saturated rings. The molecule has 0 heterocycles. The Hall–Kier alpha value is -1.23. The lowest BCUT2D eigenvalue weighted by Crippen LogP contribution is -2.11. The maximum Gasteiger partial charge on any atom is 0.343 e. The molecule has 138 valence electrons.